The molecule has 0 saturated heterocycles. The highest BCUT2D eigenvalue weighted by atomic mass is 16.4. The molecular formula is C10H19N3O. The molecule has 80 valence electrons. The van der Waals surface area contributed by atoms with E-state index in [0.717, 1.165) is 37.0 Å². The van der Waals surface area contributed by atoms with Gasteiger partial charge in [-0.05, 0) is 21.0 Å². The van der Waals surface area contributed by atoms with Gasteiger partial charge < -0.3 is 9.73 Å². The van der Waals surface area contributed by atoms with Crippen molar-refractivity contribution in [3.8, 4) is 0 Å². The number of hydrogen-bond acceptors (Lipinski definition) is 4. The zero-order valence-corrected chi connectivity index (χ0v) is 9.42. The highest BCUT2D eigenvalue weighted by Gasteiger charge is 2.08. The smallest absolute Gasteiger partial charge is 0.191 e. The Kier molecular flexibility index (Phi) is 4.10. The second-order valence-corrected chi connectivity index (χ2v) is 3.58. The van der Waals surface area contributed by atoms with Gasteiger partial charge in [-0.3, -0.25) is 4.90 Å². The van der Waals surface area contributed by atoms with Gasteiger partial charge >= 0.3 is 0 Å². The van der Waals surface area contributed by atoms with Crippen molar-refractivity contribution in [3.05, 3.63) is 17.3 Å². The van der Waals surface area contributed by atoms with Crippen molar-refractivity contribution in [1.82, 2.24) is 15.2 Å². The first-order chi connectivity index (χ1) is 6.63. The van der Waals surface area contributed by atoms with Crippen LogP contribution in [0.5, 0.6) is 0 Å². The molecule has 1 rings (SSSR count). The average Bonchev–Trinajstić information content (AvgIpc) is 2.42. The molecular weight excluding hydrogens is 178 g/mol. The molecule has 0 amide bonds. The van der Waals surface area contributed by atoms with E-state index in [1.807, 2.05) is 20.9 Å². The lowest BCUT2D eigenvalue weighted by Gasteiger charge is -2.14. The summed E-state index contributed by atoms with van der Waals surface area (Å²) >= 11 is 0. The third-order valence-electron chi connectivity index (χ3n) is 2.16. The molecule has 4 heteroatoms. The Hall–Kier alpha value is -0.870. The minimum absolute atomic E-state index is 0.750. The summed E-state index contributed by atoms with van der Waals surface area (Å²) in [6, 6.07) is 0. The lowest BCUT2D eigenvalue weighted by atomic mass is 10.3. The Morgan fingerprint density at radius 2 is 2.14 bits per heavy atom. The standard InChI is InChI=1S/C10H19N3O/c1-8-10(14-9(2)12-8)7-13(4)6-5-11-3/h11H,5-7H2,1-4H3. The Balaban J connectivity index is 2.47. The zero-order chi connectivity index (χ0) is 10.6. The summed E-state index contributed by atoms with van der Waals surface area (Å²) in [6.07, 6.45) is 0. The monoisotopic (exact) mass is 197 g/mol. The summed E-state index contributed by atoms with van der Waals surface area (Å²) in [4.78, 5) is 6.45. The van der Waals surface area contributed by atoms with E-state index in [1.165, 1.54) is 0 Å². The number of nitrogens with one attached hydrogen (secondary N) is 1. The predicted molar refractivity (Wildman–Crippen MR) is 56.2 cm³/mol. The maximum Gasteiger partial charge on any atom is 0.191 e. The fraction of sp³-hybridized carbons (Fsp3) is 0.700. The molecule has 1 aromatic heterocycles. The van der Waals surface area contributed by atoms with Gasteiger partial charge in [0.25, 0.3) is 0 Å². The van der Waals surface area contributed by atoms with Crippen LogP contribution in [-0.2, 0) is 6.54 Å². The van der Waals surface area contributed by atoms with Crippen LogP contribution in [0.15, 0.2) is 4.42 Å². The van der Waals surface area contributed by atoms with E-state index in [0.29, 0.717) is 0 Å². The molecule has 0 aromatic carbocycles. The van der Waals surface area contributed by atoms with Crippen molar-refractivity contribution in [2.24, 2.45) is 0 Å². The SMILES string of the molecule is CNCCN(C)Cc1oc(C)nc1C. The van der Waals surface area contributed by atoms with Crippen LogP contribution >= 0.6 is 0 Å². The molecule has 0 radical (unpaired) electrons. The van der Waals surface area contributed by atoms with E-state index in [4.69, 9.17) is 4.42 Å². The van der Waals surface area contributed by atoms with E-state index in [1.54, 1.807) is 0 Å². The Bertz CT molecular complexity index is 283. The van der Waals surface area contributed by atoms with Crippen molar-refractivity contribution in [1.29, 1.82) is 0 Å². The van der Waals surface area contributed by atoms with Crippen molar-refractivity contribution in [2.75, 3.05) is 27.2 Å². The molecule has 0 unspecified atom stereocenters. The summed E-state index contributed by atoms with van der Waals surface area (Å²) in [5, 5.41) is 3.12. The Morgan fingerprint density at radius 3 is 2.64 bits per heavy atom. The average molecular weight is 197 g/mol. The zero-order valence-electron chi connectivity index (χ0n) is 9.42. The Morgan fingerprint density at radius 1 is 1.43 bits per heavy atom. The number of rotatable bonds is 5. The van der Waals surface area contributed by atoms with Crippen LogP contribution < -0.4 is 5.32 Å². The molecule has 0 spiro atoms. The number of aromatic nitrogens is 1. The normalized spacial score (nSPS) is 11.2. The number of likely N-dealkylation sites (N-methyl/N-ethyl adjacent to an activating group) is 2. The van der Waals surface area contributed by atoms with Gasteiger partial charge in [-0.1, -0.05) is 0 Å². The van der Waals surface area contributed by atoms with E-state index >= 15 is 0 Å². The number of nitrogens with zero attached hydrogens (tertiary/aromatic N) is 2. The summed E-state index contributed by atoms with van der Waals surface area (Å²) in [5.74, 6) is 1.72. The molecule has 14 heavy (non-hydrogen) atoms. The number of aryl methyl sites for hydroxylation is 2. The topological polar surface area (TPSA) is 41.3 Å². The molecule has 0 saturated carbocycles. The number of hydrogen-bond donors (Lipinski definition) is 1. The highest BCUT2D eigenvalue weighted by Crippen LogP contribution is 2.10. The van der Waals surface area contributed by atoms with Crippen LogP contribution in [0, 0.1) is 13.8 Å². The minimum atomic E-state index is 0.750. The van der Waals surface area contributed by atoms with E-state index in [2.05, 4.69) is 22.2 Å². The third-order valence-corrected chi connectivity index (χ3v) is 2.16. The van der Waals surface area contributed by atoms with Crippen LogP contribution in [0.4, 0.5) is 0 Å². The first kappa shape index (κ1) is 11.2. The van der Waals surface area contributed by atoms with Crippen LogP contribution in [-0.4, -0.2) is 37.1 Å². The van der Waals surface area contributed by atoms with Crippen molar-refractivity contribution in [2.45, 2.75) is 20.4 Å². The lowest BCUT2D eigenvalue weighted by molar-refractivity contribution is 0.292. The first-order valence-electron chi connectivity index (χ1n) is 4.89. The van der Waals surface area contributed by atoms with Crippen molar-refractivity contribution < 1.29 is 4.42 Å². The van der Waals surface area contributed by atoms with Gasteiger partial charge in [-0.25, -0.2) is 4.98 Å². The molecule has 0 fully saturated rings. The second kappa shape index (κ2) is 5.12. The van der Waals surface area contributed by atoms with E-state index in [9.17, 15) is 0 Å². The maximum absolute atomic E-state index is 5.49. The van der Waals surface area contributed by atoms with Crippen molar-refractivity contribution in [3.63, 3.8) is 0 Å². The van der Waals surface area contributed by atoms with Crippen LogP contribution in [0.3, 0.4) is 0 Å². The summed E-state index contributed by atoms with van der Waals surface area (Å²) in [5.41, 5.74) is 0.999. The molecule has 0 aliphatic heterocycles. The molecule has 0 aliphatic rings. The lowest BCUT2D eigenvalue weighted by Crippen LogP contribution is -2.27. The first-order valence-corrected chi connectivity index (χ1v) is 4.89. The Labute approximate surface area is 85.3 Å². The predicted octanol–water partition coefficient (Wildman–Crippen LogP) is 0.943. The number of oxazole rings is 1. The quantitative estimate of drug-likeness (QED) is 0.763. The third kappa shape index (κ3) is 3.12. The van der Waals surface area contributed by atoms with E-state index in [-0.39, 0.29) is 0 Å². The van der Waals surface area contributed by atoms with Crippen LogP contribution in [0.25, 0.3) is 0 Å². The molecule has 0 atom stereocenters. The van der Waals surface area contributed by atoms with E-state index < -0.39 is 0 Å². The molecule has 1 N–H and O–H groups in total. The van der Waals surface area contributed by atoms with Crippen LogP contribution in [0.1, 0.15) is 17.3 Å². The van der Waals surface area contributed by atoms with Gasteiger partial charge in [-0.15, -0.1) is 0 Å². The molecule has 1 aromatic rings. The maximum atomic E-state index is 5.49. The molecule has 0 bridgehead atoms. The summed E-state index contributed by atoms with van der Waals surface area (Å²) in [6.45, 7) is 6.69. The second-order valence-electron chi connectivity index (χ2n) is 3.58. The largest absolute Gasteiger partial charge is 0.444 e. The van der Waals surface area contributed by atoms with Gasteiger partial charge in [0.2, 0.25) is 0 Å². The molecule has 1 heterocycles. The van der Waals surface area contributed by atoms with Gasteiger partial charge in [0.15, 0.2) is 5.89 Å². The fourth-order valence-electron chi connectivity index (χ4n) is 1.35. The van der Waals surface area contributed by atoms with Gasteiger partial charge in [0.05, 0.1) is 12.2 Å². The minimum Gasteiger partial charge on any atom is -0.444 e. The molecule has 4 nitrogen and oxygen atoms in total. The van der Waals surface area contributed by atoms with Gasteiger partial charge in [0, 0.05) is 20.0 Å². The van der Waals surface area contributed by atoms with Crippen molar-refractivity contribution >= 4 is 0 Å². The molecule has 0 aliphatic carbocycles. The van der Waals surface area contributed by atoms with Gasteiger partial charge in [-0.2, -0.15) is 0 Å². The van der Waals surface area contributed by atoms with Crippen LogP contribution in [0.2, 0.25) is 0 Å². The summed E-state index contributed by atoms with van der Waals surface area (Å²) in [7, 11) is 4.03. The highest BCUT2D eigenvalue weighted by molar-refractivity contribution is 5.06. The summed E-state index contributed by atoms with van der Waals surface area (Å²) < 4.78 is 5.49. The fourth-order valence-corrected chi connectivity index (χ4v) is 1.35. The van der Waals surface area contributed by atoms with Gasteiger partial charge in [0.1, 0.15) is 5.76 Å².